The van der Waals surface area contributed by atoms with Crippen molar-refractivity contribution in [3.63, 3.8) is 0 Å². The molecule has 136 heavy (non-hydrogen) atoms. The van der Waals surface area contributed by atoms with Gasteiger partial charge in [0, 0.05) is 104 Å². The Kier molecular flexibility index (Phi) is 18.0. The lowest BCUT2D eigenvalue weighted by molar-refractivity contribution is 0.749. The molecule has 0 fully saturated rings. The predicted molar refractivity (Wildman–Crippen MR) is 558 cm³/mol. The lowest BCUT2D eigenvalue weighted by atomic mass is 9.65. The Morgan fingerprint density at radius 2 is 0.434 bits per heavy atom. The monoisotopic (exact) mass is 1730 g/mol. The standard InChI is InChI=1S/C52H32N4.C40H25N3.C34H21N3/c1-3-14-34(15-4-1)49-53-50(35-16-5-2-6-17-35)55-51(54-49)36-28-26-33(27-29-36)37-30-31-47-45(32-37)52(42-22-10-7-18-38(42)39-19-8-11-23-43(39)52)44-24-13-21-41-40-20-9-12-25-46(40)56(47)48(41)44;1-3-10-26(11-4-1)27-18-20-28(21-19-27)35-25-36(42-40(41-35)29-12-5-2-6-13-29)30-22-23-32-34-16-9-15-33-31-14-7-8-17-37(31)43(39(33)34)38(32)24-30;1-3-10-22(11-4-1)29-21-30(36-34(35-29)23-12-5-2-6-13-23)24-18-19-26-28-16-9-15-27-25-14-7-8-17-31(25)37(33(27)28)32(26)20-24/h1-32H;1-25H;1-21H. The number of rotatable bonds is 11. The summed E-state index contributed by atoms with van der Waals surface area (Å²) >= 11 is 0. The van der Waals surface area contributed by atoms with E-state index in [1.54, 1.807) is 0 Å². The number of benzene rings is 19. The number of nitrogens with zero attached hydrogens (tertiary/aromatic N) is 10. The minimum absolute atomic E-state index is 0.491. The molecule has 10 nitrogen and oxygen atoms in total. The molecule has 19 aromatic carbocycles. The van der Waals surface area contributed by atoms with Gasteiger partial charge in [-0.15, -0.1) is 0 Å². The first-order valence-corrected chi connectivity index (χ1v) is 46.2. The number of aromatic nitrogens is 10. The average Bonchev–Trinajstić information content (AvgIpc) is 1.49. The quantitative estimate of drug-likeness (QED) is 0.127. The summed E-state index contributed by atoms with van der Waals surface area (Å²) in [7, 11) is 0. The third-order valence-electron chi connectivity index (χ3n) is 27.8. The van der Waals surface area contributed by atoms with Gasteiger partial charge in [0.25, 0.3) is 0 Å². The van der Waals surface area contributed by atoms with Crippen molar-refractivity contribution in [2.75, 3.05) is 0 Å². The molecule has 29 rings (SSSR count). The molecule has 1 aliphatic heterocycles. The summed E-state index contributed by atoms with van der Waals surface area (Å²) < 4.78 is 7.34. The largest absolute Gasteiger partial charge is 0.309 e. The molecule has 10 heteroatoms. The van der Waals surface area contributed by atoms with Crippen molar-refractivity contribution in [3.05, 3.63) is 495 Å². The Balaban J connectivity index is 0.000000106. The van der Waals surface area contributed by atoms with E-state index in [0.717, 1.165) is 95.6 Å². The molecule has 0 saturated heterocycles. The number of hydrogen-bond acceptors (Lipinski definition) is 7. The first-order chi connectivity index (χ1) is 67.4. The number of para-hydroxylation sites is 6. The molecule has 9 heterocycles. The van der Waals surface area contributed by atoms with Gasteiger partial charge in [0.2, 0.25) is 0 Å². The van der Waals surface area contributed by atoms with Crippen molar-refractivity contribution >= 4 is 98.0 Å². The third kappa shape index (κ3) is 12.5. The van der Waals surface area contributed by atoms with Crippen LogP contribution in [0.5, 0.6) is 0 Å². The Labute approximate surface area is 782 Å². The van der Waals surface area contributed by atoms with Crippen molar-refractivity contribution < 1.29 is 0 Å². The Morgan fingerprint density at radius 1 is 0.154 bits per heavy atom. The zero-order valence-corrected chi connectivity index (χ0v) is 73.5. The van der Waals surface area contributed by atoms with Crippen LogP contribution in [0.4, 0.5) is 0 Å². The molecule has 1 spiro atoms. The molecule has 0 unspecified atom stereocenters. The van der Waals surface area contributed by atoms with Gasteiger partial charge in [-0.1, -0.05) is 419 Å². The lowest BCUT2D eigenvalue weighted by Crippen LogP contribution is -2.33. The Hall–Kier alpha value is -18.3. The van der Waals surface area contributed by atoms with Crippen LogP contribution in [-0.2, 0) is 5.41 Å². The van der Waals surface area contributed by atoms with Gasteiger partial charge in [0.15, 0.2) is 29.1 Å². The minimum Gasteiger partial charge on any atom is -0.309 e. The van der Waals surface area contributed by atoms with E-state index in [1.807, 2.05) is 121 Å². The van der Waals surface area contributed by atoms with E-state index in [0.29, 0.717) is 17.5 Å². The molecule has 0 bridgehead atoms. The molecule has 1 aliphatic carbocycles. The summed E-state index contributed by atoms with van der Waals surface area (Å²) in [6.07, 6.45) is 0. The summed E-state index contributed by atoms with van der Waals surface area (Å²) in [5, 5.41) is 12.8. The van der Waals surface area contributed by atoms with Crippen molar-refractivity contribution in [2.24, 2.45) is 0 Å². The molecular formula is C126H78N10. The summed E-state index contributed by atoms with van der Waals surface area (Å²) in [4.78, 5) is 35.0. The van der Waals surface area contributed by atoms with E-state index in [4.69, 9.17) is 34.9 Å². The predicted octanol–water partition coefficient (Wildman–Crippen LogP) is 31.2. The van der Waals surface area contributed by atoms with Gasteiger partial charge in [-0.25, -0.2) is 34.9 Å². The fraction of sp³-hybridized carbons (Fsp3) is 0.00794. The fourth-order valence-electron chi connectivity index (χ4n) is 21.7. The maximum Gasteiger partial charge on any atom is 0.164 e. The van der Waals surface area contributed by atoms with Crippen molar-refractivity contribution in [2.45, 2.75) is 5.41 Å². The smallest absolute Gasteiger partial charge is 0.164 e. The average molecular weight is 1730 g/mol. The molecule has 0 N–H and O–H groups in total. The first kappa shape index (κ1) is 77.7. The SMILES string of the molecule is c1ccc(-c2cc(-c3ccc4c5cccc6c7ccccc7n(c4c3)c65)nc(-c3ccccc3)n2)cc1.c1ccc(-c2ccc(-c3cc(-c4ccc5c6cccc7c8ccccc8n(c5c4)c76)nc(-c4ccccc4)n3)cc2)cc1.c1ccc(-c2nc(-c3ccccc3)nc(-c3ccc(-c4ccc5c(c4)C4(c6ccccc6-c6ccccc64)c4cccc6c7ccccc7n-5c46)cc3)n2)cc1. The molecule has 0 saturated carbocycles. The summed E-state index contributed by atoms with van der Waals surface area (Å²) in [5.74, 6) is 3.41. The van der Waals surface area contributed by atoms with Gasteiger partial charge < -0.3 is 13.4 Å². The maximum absolute atomic E-state index is 5.12. The van der Waals surface area contributed by atoms with E-state index in [1.165, 1.54) is 148 Å². The second-order valence-electron chi connectivity index (χ2n) is 35.3. The van der Waals surface area contributed by atoms with Gasteiger partial charge >= 0.3 is 0 Å². The first-order valence-electron chi connectivity index (χ1n) is 46.2. The summed E-state index contributed by atoms with van der Waals surface area (Å²) in [6.45, 7) is 0. The highest BCUT2D eigenvalue weighted by atomic mass is 15.0. The van der Waals surface area contributed by atoms with Crippen LogP contribution in [0, 0.1) is 0 Å². The van der Waals surface area contributed by atoms with Crippen molar-refractivity contribution in [3.8, 4) is 141 Å². The molecule has 632 valence electrons. The molecule has 0 radical (unpaired) electrons. The molecule has 0 atom stereocenters. The fourth-order valence-corrected chi connectivity index (χ4v) is 21.7. The topological polar surface area (TPSA) is 104 Å². The van der Waals surface area contributed by atoms with Gasteiger partial charge in [0.05, 0.1) is 78.0 Å². The molecule has 8 aromatic heterocycles. The van der Waals surface area contributed by atoms with E-state index < -0.39 is 5.41 Å². The highest BCUT2D eigenvalue weighted by Crippen LogP contribution is 2.62. The maximum atomic E-state index is 5.12. The second-order valence-corrected chi connectivity index (χ2v) is 35.3. The van der Waals surface area contributed by atoms with Crippen LogP contribution in [-0.4, -0.2) is 48.3 Å². The van der Waals surface area contributed by atoms with Crippen LogP contribution in [0.3, 0.4) is 0 Å². The number of hydrogen-bond donors (Lipinski definition) is 0. The normalized spacial score (nSPS) is 12.3. The van der Waals surface area contributed by atoms with Crippen molar-refractivity contribution in [1.29, 1.82) is 0 Å². The molecular weight excluding hydrogens is 1650 g/mol. The van der Waals surface area contributed by atoms with Crippen LogP contribution in [0.25, 0.3) is 239 Å². The Bertz CT molecular complexity index is 9220. The van der Waals surface area contributed by atoms with Gasteiger partial charge in [-0.05, 0) is 110 Å². The molecule has 0 amide bonds. The van der Waals surface area contributed by atoms with Gasteiger partial charge in [0.1, 0.15) is 0 Å². The highest BCUT2D eigenvalue weighted by molar-refractivity contribution is 6.25. The second kappa shape index (κ2) is 31.5. The van der Waals surface area contributed by atoms with Crippen LogP contribution in [0.15, 0.2) is 473 Å². The van der Waals surface area contributed by atoms with Gasteiger partial charge in [-0.3, -0.25) is 0 Å². The molecule has 27 aromatic rings. The minimum atomic E-state index is -0.491. The Morgan fingerprint density at radius 3 is 0.882 bits per heavy atom. The molecule has 2 aliphatic rings. The van der Waals surface area contributed by atoms with Crippen molar-refractivity contribution in [1.82, 2.24) is 48.3 Å². The van der Waals surface area contributed by atoms with E-state index in [-0.39, 0.29) is 0 Å². The summed E-state index contributed by atoms with van der Waals surface area (Å²) in [5.41, 5.74) is 36.0. The van der Waals surface area contributed by atoms with Crippen LogP contribution in [0.2, 0.25) is 0 Å². The van der Waals surface area contributed by atoms with Crippen LogP contribution in [0.1, 0.15) is 22.3 Å². The lowest BCUT2D eigenvalue weighted by Gasteiger charge is -2.40. The van der Waals surface area contributed by atoms with E-state index in [9.17, 15) is 0 Å². The zero-order valence-electron chi connectivity index (χ0n) is 73.5. The van der Waals surface area contributed by atoms with E-state index in [2.05, 4.69) is 365 Å². The number of fused-ring (bicyclic) bond motifs is 24. The highest BCUT2D eigenvalue weighted by Gasteiger charge is 2.51. The van der Waals surface area contributed by atoms with Crippen LogP contribution < -0.4 is 0 Å². The van der Waals surface area contributed by atoms with E-state index >= 15 is 0 Å². The van der Waals surface area contributed by atoms with Gasteiger partial charge in [-0.2, -0.15) is 0 Å². The zero-order chi connectivity index (χ0) is 89.5. The third-order valence-corrected chi connectivity index (χ3v) is 27.8. The van der Waals surface area contributed by atoms with Crippen LogP contribution >= 0.6 is 0 Å². The summed E-state index contributed by atoms with van der Waals surface area (Å²) in [6, 6.07) is 168.